The lowest BCUT2D eigenvalue weighted by Crippen LogP contribution is -2.57. The van der Waals surface area contributed by atoms with Gasteiger partial charge >= 0.3 is 0 Å². The van der Waals surface area contributed by atoms with Crippen molar-refractivity contribution >= 4 is 0 Å². The molecular weight excluding hydrogens is 176 g/mol. The molecule has 0 aromatic rings. The fourth-order valence-electron chi connectivity index (χ4n) is 1.44. The molecule has 0 saturated carbocycles. The summed E-state index contributed by atoms with van der Waals surface area (Å²) in [6.07, 6.45) is -3.63. The molecule has 0 aromatic heterocycles. The van der Waals surface area contributed by atoms with Crippen LogP contribution >= 0.6 is 0 Å². The average Bonchev–Trinajstić information content (AvgIpc) is 2.13. The topological polar surface area (TPSA) is 68.2 Å². The summed E-state index contributed by atoms with van der Waals surface area (Å²) in [4.78, 5) is 0. The first-order valence-corrected chi connectivity index (χ1v) is 4.19. The van der Waals surface area contributed by atoms with Crippen LogP contribution in [0.4, 0.5) is 0 Å². The molecular formula is C8H16O5. The van der Waals surface area contributed by atoms with Crippen molar-refractivity contribution < 1.29 is 24.4 Å². The van der Waals surface area contributed by atoms with Crippen LogP contribution < -0.4 is 0 Å². The summed E-state index contributed by atoms with van der Waals surface area (Å²) >= 11 is 0. The molecule has 0 unspecified atom stereocenters. The third-order valence-electron chi connectivity index (χ3n) is 2.29. The Kier molecular flexibility index (Phi) is 3.63. The summed E-state index contributed by atoms with van der Waals surface area (Å²) < 4.78 is 15.2. The molecule has 5 nitrogen and oxygen atoms in total. The van der Waals surface area contributed by atoms with Gasteiger partial charge in [0.1, 0.15) is 18.3 Å². The van der Waals surface area contributed by atoms with E-state index in [1.54, 1.807) is 6.92 Å². The number of rotatable bonds is 2. The number of aliphatic hydroxyl groups is 2. The van der Waals surface area contributed by atoms with Gasteiger partial charge in [-0.05, 0) is 6.92 Å². The first kappa shape index (κ1) is 10.9. The largest absolute Gasteiger partial charge is 0.388 e. The normalized spacial score (nSPS) is 46.4. The summed E-state index contributed by atoms with van der Waals surface area (Å²) in [5.74, 6) is 0. The molecule has 0 amide bonds. The van der Waals surface area contributed by atoms with E-state index >= 15 is 0 Å². The van der Waals surface area contributed by atoms with Gasteiger partial charge in [0.2, 0.25) is 0 Å². The van der Waals surface area contributed by atoms with Crippen LogP contribution in [0.2, 0.25) is 0 Å². The Bertz CT molecular complexity index is 161. The van der Waals surface area contributed by atoms with Crippen LogP contribution in [0, 0.1) is 0 Å². The molecule has 1 aliphatic heterocycles. The van der Waals surface area contributed by atoms with Crippen molar-refractivity contribution in [1.29, 1.82) is 0 Å². The van der Waals surface area contributed by atoms with Crippen molar-refractivity contribution in [1.82, 2.24) is 0 Å². The fraction of sp³-hybridized carbons (Fsp3) is 1.00. The van der Waals surface area contributed by atoms with E-state index in [1.165, 1.54) is 14.2 Å². The van der Waals surface area contributed by atoms with E-state index in [1.807, 2.05) is 0 Å². The summed E-state index contributed by atoms with van der Waals surface area (Å²) in [7, 11) is 2.90. The minimum absolute atomic E-state index is 0.452. The zero-order valence-corrected chi connectivity index (χ0v) is 8.01. The van der Waals surface area contributed by atoms with Gasteiger partial charge in [-0.15, -0.1) is 0 Å². The van der Waals surface area contributed by atoms with Gasteiger partial charge < -0.3 is 24.4 Å². The lowest BCUT2D eigenvalue weighted by molar-refractivity contribution is -0.291. The maximum Gasteiger partial charge on any atom is 0.186 e. The molecule has 1 aliphatic rings. The second-order valence-electron chi connectivity index (χ2n) is 3.13. The van der Waals surface area contributed by atoms with E-state index in [9.17, 15) is 10.2 Å². The summed E-state index contributed by atoms with van der Waals surface area (Å²) in [6.45, 7) is 1.67. The molecule has 0 aliphatic carbocycles. The quantitative estimate of drug-likeness (QED) is 0.594. The molecule has 1 fully saturated rings. The molecule has 1 saturated heterocycles. The highest BCUT2D eigenvalue weighted by Gasteiger charge is 2.43. The van der Waals surface area contributed by atoms with Crippen LogP contribution in [0.5, 0.6) is 0 Å². The van der Waals surface area contributed by atoms with Crippen LogP contribution in [-0.2, 0) is 14.2 Å². The zero-order valence-electron chi connectivity index (χ0n) is 8.01. The highest BCUT2D eigenvalue weighted by molar-refractivity contribution is 4.87. The summed E-state index contributed by atoms with van der Waals surface area (Å²) in [5.41, 5.74) is 0. The Morgan fingerprint density at radius 1 is 1.08 bits per heavy atom. The molecule has 0 bridgehead atoms. The predicted octanol–water partition coefficient (Wildman–Crippen LogP) is -0.886. The maximum absolute atomic E-state index is 9.57. The molecule has 5 atom stereocenters. The molecule has 0 aromatic carbocycles. The number of hydrogen-bond acceptors (Lipinski definition) is 5. The van der Waals surface area contributed by atoms with E-state index in [2.05, 4.69) is 0 Å². The van der Waals surface area contributed by atoms with Crippen LogP contribution in [0.15, 0.2) is 0 Å². The molecule has 1 heterocycles. The minimum atomic E-state index is -0.973. The van der Waals surface area contributed by atoms with Gasteiger partial charge in [0.05, 0.1) is 6.10 Å². The van der Waals surface area contributed by atoms with E-state index in [0.717, 1.165) is 0 Å². The third kappa shape index (κ3) is 2.00. The molecule has 13 heavy (non-hydrogen) atoms. The monoisotopic (exact) mass is 192 g/mol. The van der Waals surface area contributed by atoms with E-state index in [4.69, 9.17) is 14.2 Å². The van der Waals surface area contributed by atoms with Crippen molar-refractivity contribution in [3.63, 3.8) is 0 Å². The zero-order chi connectivity index (χ0) is 10.0. The van der Waals surface area contributed by atoms with Gasteiger partial charge in [-0.3, -0.25) is 0 Å². The lowest BCUT2D eigenvalue weighted by Gasteiger charge is -2.39. The molecule has 78 valence electrons. The number of aliphatic hydroxyl groups excluding tert-OH is 2. The second-order valence-corrected chi connectivity index (χ2v) is 3.13. The SMILES string of the molecule is CO[C@H]1O[C@@H](C)[C@@H](O)[C@@H](O)[C@H]1OC. The van der Waals surface area contributed by atoms with Gasteiger partial charge in [0.15, 0.2) is 6.29 Å². The number of ether oxygens (including phenoxy) is 3. The summed E-state index contributed by atoms with van der Waals surface area (Å²) in [5, 5.41) is 19.0. The van der Waals surface area contributed by atoms with Gasteiger partial charge in [0, 0.05) is 14.2 Å². The molecule has 5 heteroatoms. The number of hydrogen-bond donors (Lipinski definition) is 2. The van der Waals surface area contributed by atoms with Gasteiger partial charge in [0.25, 0.3) is 0 Å². The van der Waals surface area contributed by atoms with Crippen molar-refractivity contribution in [3.05, 3.63) is 0 Å². The molecule has 2 N–H and O–H groups in total. The fourth-order valence-corrected chi connectivity index (χ4v) is 1.44. The van der Waals surface area contributed by atoms with Crippen molar-refractivity contribution in [2.45, 2.75) is 37.6 Å². The van der Waals surface area contributed by atoms with E-state index < -0.39 is 30.7 Å². The van der Waals surface area contributed by atoms with Crippen LogP contribution in [0.1, 0.15) is 6.92 Å². The van der Waals surface area contributed by atoms with Crippen molar-refractivity contribution in [2.75, 3.05) is 14.2 Å². The Morgan fingerprint density at radius 3 is 2.15 bits per heavy atom. The van der Waals surface area contributed by atoms with Crippen LogP contribution in [-0.4, -0.2) is 55.1 Å². The second kappa shape index (κ2) is 4.34. The van der Waals surface area contributed by atoms with Gasteiger partial charge in [-0.25, -0.2) is 0 Å². The van der Waals surface area contributed by atoms with E-state index in [-0.39, 0.29) is 0 Å². The first-order valence-electron chi connectivity index (χ1n) is 4.19. The Balaban J connectivity index is 2.69. The Morgan fingerprint density at radius 2 is 1.69 bits per heavy atom. The van der Waals surface area contributed by atoms with Crippen LogP contribution in [0.25, 0.3) is 0 Å². The Labute approximate surface area is 77.2 Å². The van der Waals surface area contributed by atoms with Crippen LogP contribution in [0.3, 0.4) is 0 Å². The Hall–Kier alpha value is -0.200. The molecule has 0 radical (unpaired) electrons. The number of methoxy groups -OCH3 is 2. The average molecular weight is 192 g/mol. The third-order valence-corrected chi connectivity index (χ3v) is 2.29. The highest BCUT2D eigenvalue weighted by Crippen LogP contribution is 2.22. The van der Waals surface area contributed by atoms with Crippen molar-refractivity contribution in [2.24, 2.45) is 0 Å². The maximum atomic E-state index is 9.57. The van der Waals surface area contributed by atoms with Crippen molar-refractivity contribution in [3.8, 4) is 0 Å². The summed E-state index contributed by atoms with van der Waals surface area (Å²) in [6, 6.07) is 0. The molecule has 1 rings (SSSR count). The first-order chi connectivity index (χ1) is 6.11. The van der Waals surface area contributed by atoms with E-state index in [0.29, 0.717) is 0 Å². The smallest absolute Gasteiger partial charge is 0.186 e. The van der Waals surface area contributed by atoms with Gasteiger partial charge in [-0.1, -0.05) is 0 Å². The van der Waals surface area contributed by atoms with Gasteiger partial charge in [-0.2, -0.15) is 0 Å². The molecule has 0 spiro atoms. The minimum Gasteiger partial charge on any atom is -0.388 e. The predicted molar refractivity (Wildman–Crippen MR) is 44.2 cm³/mol. The highest BCUT2D eigenvalue weighted by atomic mass is 16.7. The lowest BCUT2D eigenvalue weighted by atomic mass is 10.00. The standard InChI is InChI=1S/C8H16O5/c1-4-5(9)6(10)7(11-2)8(12-3)13-4/h4-10H,1-3H3/t4-,5+,6+,7+,8-/m0/s1.